The number of halogens is 1. The molecule has 3 nitrogen and oxygen atoms in total. The first-order valence-corrected chi connectivity index (χ1v) is 6.37. The van der Waals surface area contributed by atoms with E-state index in [4.69, 9.17) is 9.47 Å². The van der Waals surface area contributed by atoms with Gasteiger partial charge in [0.2, 0.25) is 0 Å². The quantitative estimate of drug-likeness (QED) is 0.875. The van der Waals surface area contributed by atoms with Gasteiger partial charge in [-0.15, -0.1) is 0 Å². The van der Waals surface area contributed by atoms with Crippen LogP contribution < -0.4 is 10.1 Å². The molecule has 0 saturated carbocycles. The minimum Gasteiger partial charge on any atom is -0.494 e. The van der Waals surface area contributed by atoms with Crippen LogP contribution >= 0.6 is 0 Å². The van der Waals surface area contributed by atoms with Crippen molar-refractivity contribution in [3.8, 4) is 5.75 Å². The zero-order chi connectivity index (χ0) is 13.0. The lowest BCUT2D eigenvalue weighted by Crippen LogP contribution is -2.22. The Labute approximate surface area is 107 Å². The molecule has 1 aromatic rings. The van der Waals surface area contributed by atoms with E-state index in [2.05, 4.69) is 5.32 Å². The van der Waals surface area contributed by atoms with Crippen LogP contribution in [-0.4, -0.2) is 26.9 Å². The Bertz CT molecular complexity index is 391. The highest BCUT2D eigenvalue weighted by molar-refractivity contribution is 5.31. The minimum absolute atomic E-state index is 0.119. The van der Waals surface area contributed by atoms with E-state index in [9.17, 15) is 4.39 Å². The lowest BCUT2D eigenvalue weighted by molar-refractivity contribution is 0.0953. The lowest BCUT2D eigenvalue weighted by atomic mass is 9.99. The molecular formula is C14H20FNO2. The minimum atomic E-state index is -0.317. The number of hydrogen-bond donors (Lipinski definition) is 1. The Morgan fingerprint density at radius 1 is 1.56 bits per heavy atom. The number of benzene rings is 1. The van der Waals surface area contributed by atoms with Crippen LogP contribution in [-0.2, 0) is 4.74 Å². The predicted molar refractivity (Wildman–Crippen MR) is 68.3 cm³/mol. The van der Waals surface area contributed by atoms with Crippen LogP contribution in [0.5, 0.6) is 5.75 Å². The lowest BCUT2D eigenvalue weighted by Gasteiger charge is -2.20. The number of nitrogens with one attached hydrogen (secondary N) is 1. The first kappa shape index (κ1) is 13.3. The second-order valence-corrected chi connectivity index (χ2v) is 4.61. The molecule has 100 valence electrons. The van der Waals surface area contributed by atoms with Gasteiger partial charge in [0.1, 0.15) is 0 Å². The number of methoxy groups -OCH3 is 1. The Morgan fingerprint density at radius 3 is 2.94 bits per heavy atom. The summed E-state index contributed by atoms with van der Waals surface area (Å²) in [5, 5.41) is 3.22. The molecule has 2 atom stereocenters. The van der Waals surface area contributed by atoms with Gasteiger partial charge in [-0.3, -0.25) is 0 Å². The Morgan fingerprint density at radius 2 is 2.39 bits per heavy atom. The first-order valence-electron chi connectivity index (χ1n) is 6.37. The molecule has 1 N–H and O–H groups in total. The summed E-state index contributed by atoms with van der Waals surface area (Å²) in [5.74, 6) is -0.0340. The average molecular weight is 253 g/mol. The molecule has 1 aromatic carbocycles. The predicted octanol–water partition coefficient (Wildman–Crippen LogP) is 2.66. The van der Waals surface area contributed by atoms with Crippen molar-refractivity contribution in [3.05, 3.63) is 29.6 Å². The molecule has 0 aromatic heterocycles. The average Bonchev–Trinajstić information content (AvgIpc) is 2.88. The zero-order valence-electron chi connectivity index (χ0n) is 10.9. The van der Waals surface area contributed by atoms with Crippen molar-refractivity contribution < 1.29 is 13.9 Å². The van der Waals surface area contributed by atoms with Crippen molar-refractivity contribution in [3.63, 3.8) is 0 Å². The van der Waals surface area contributed by atoms with E-state index in [1.54, 1.807) is 6.07 Å². The van der Waals surface area contributed by atoms with E-state index in [1.807, 2.05) is 13.1 Å². The van der Waals surface area contributed by atoms with Gasteiger partial charge in [0.15, 0.2) is 11.6 Å². The summed E-state index contributed by atoms with van der Waals surface area (Å²) in [4.78, 5) is 0. The van der Waals surface area contributed by atoms with E-state index in [-0.39, 0.29) is 23.7 Å². The third-order valence-electron chi connectivity index (χ3n) is 3.45. The zero-order valence-corrected chi connectivity index (χ0v) is 10.9. The van der Waals surface area contributed by atoms with Crippen molar-refractivity contribution in [2.45, 2.75) is 31.4 Å². The molecule has 0 bridgehead atoms. The van der Waals surface area contributed by atoms with Gasteiger partial charge in [-0.1, -0.05) is 6.07 Å². The van der Waals surface area contributed by atoms with E-state index >= 15 is 0 Å². The second kappa shape index (κ2) is 6.16. The van der Waals surface area contributed by atoms with Gasteiger partial charge in [-0.05, 0) is 44.0 Å². The summed E-state index contributed by atoms with van der Waals surface area (Å²) in [6, 6.07) is 5.23. The van der Waals surface area contributed by atoms with Crippen LogP contribution in [0.3, 0.4) is 0 Å². The molecule has 18 heavy (non-hydrogen) atoms. The van der Waals surface area contributed by atoms with Crippen LogP contribution in [0.25, 0.3) is 0 Å². The van der Waals surface area contributed by atoms with Gasteiger partial charge in [-0.2, -0.15) is 0 Å². The largest absolute Gasteiger partial charge is 0.494 e. The fourth-order valence-electron chi connectivity index (χ4n) is 2.41. The third kappa shape index (κ3) is 3.00. The molecule has 0 spiro atoms. The maximum Gasteiger partial charge on any atom is 0.165 e. The molecule has 4 heteroatoms. The fraction of sp³-hybridized carbons (Fsp3) is 0.571. The van der Waals surface area contributed by atoms with Crippen molar-refractivity contribution in [1.82, 2.24) is 5.32 Å². The molecule has 1 aliphatic rings. The maximum absolute atomic E-state index is 13.7. The molecule has 2 rings (SSSR count). The summed E-state index contributed by atoms with van der Waals surface area (Å²) in [6.45, 7) is 0.845. The SMILES string of the molecule is CNC(CC1CCCO1)c1ccc(OC)c(F)c1. The summed E-state index contributed by atoms with van der Waals surface area (Å²) in [6.07, 6.45) is 3.38. The van der Waals surface area contributed by atoms with Gasteiger partial charge < -0.3 is 14.8 Å². The van der Waals surface area contributed by atoms with Gasteiger partial charge in [0, 0.05) is 12.6 Å². The Hall–Kier alpha value is -1.13. The number of rotatable bonds is 5. The van der Waals surface area contributed by atoms with Gasteiger partial charge in [0.05, 0.1) is 13.2 Å². The maximum atomic E-state index is 13.7. The van der Waals surface area contributed by atoms with Crippen LogP contribution in [0, 0.1) is 5.82 Å². The topological polar surface area (TPSA) is 30.5 Å². The summed E-state index contributed by atoms with van der Waals surface area (Å²) in [5.41, 5.74) is 0.936. The highest BCUT2D eigenvalue weighted by atomic mass is 19.1. The Balaban J connectivity index is 2.08. The first-order chi connectivity index (χ1) is 8.74. The van der Waals surface area contributed by atoms with Crippen molar-refractivity contribution in [2.24, 2.45) is 0 Å². The highest BCUT2D eigenvalue weighted by Gasteiger charge is 2.21. The molecule has 1 fully saturated rings. The van der Waals surface area contributed by atoms with Crippen molar-refractivity contribution in [2.75, 3.05) is 20.8 Å². The van der Waals surface area contributed by atoms with E-state index in [1.165, 1.54) is 13.2 Å². The summed E-state index contributed by atoms with van der Waals surface area (Å²) >= 11 is 0. The molecule has 1 saturated heterocycles. The number of hydrogen-bond acceptors (Lipinski definition) is 3. The molecule has 1 heterocycles. The van der Waals surface area contributed by atoms with E-state index in [0.29, 0.717) is 0 Å². The third-order valence-corrected chi connectivity index (χ3v) is 3.45. The van der Waals surface area contributed by atoms with Gasteiger partial charge in [0.25, 0.3) is 0 Å². The van der Waals surface area contributed by atoms with Gasteiger partial charge >= 0.3 is 0 Å². The second-order valence-electron chi connectivity index (χ2n) is 4.61. The summed E-state index contributed by atoms with van der Waals surface area (Å²) in [7, 11) is 3.36. The van der Waals surface area contributed by atoms with Crippen LogP contribution in [0.1, 0.15) is 30.9 Å². The van der Waals surface area contributed by atoms with Crippen LogP contribution in [0.4, 0.5) is 4.39 Å². The Kier molecular flexibility index (Phi) is 4.55. The normalized spacial score (nSPS) is 20.9. The van der Waals surface area contributed by atoms with Crippen LogP contribution in [0.15, 0.2) is 18.2 Å². The molecule has 1 aliphatic heterocycles. The fourth-order valence-corrected chi connectivity index (χ4v) is 2.41. The highest BCUT2D eigenvalue weighted by Crippen LogP contribution is 2.27. The monoisotopic (exact) mass is 253 g/mol. The molecule has 0 radical (unpaired) electrons. The number of ether oxygens (including phenoxy) is 2. The van der Waals surface area contributed by atoms with Crippen molar-refractivity contribution >= 4 is 0 Å². The smallest absolute Gasteiger partial charge is 0.165 e. The molecule has 2 unspecified atom stereocenters. The molecular weight excluding hydrogens is 233 g/mol. The molecule has 0 amide bonds. The van der Waals surface area contributed by atoms with Crippen LogP contribution in [0.2, 0.25) is 0 Å². The van der Waals surface area contributed by atoms with E-state index in [0.717, 1.165) is 31.4 Å². The van der Waals surface area contributed by atoms with Gasteiger partial charge in [-0.25, -0.2) is 4.39 Å². The summed E-state index contributed by atoms with van der Waals surface area (Å²) < 4.78 is 24.2. The van der Waals surface area contributed by atoms with E-state index < -0.39 is 0 Å². The molecule has 0 aliphatic carbocycles. The standard InChI is InChI=1S/C14H20FNO2/c1-16-13(9-11-4-3-7-18-11)10-5-6-14(17-2)12(15)8-10/h5-6,8,11,13,16H,3-4,7,9H2,1-2H3. The van der Waals surface area contributed by atoms with Crippen molar-refractivity contribution in [1.29, 1.82) is 0 Å².